The van der Waals surface area contributed by atoms with E-state index in [0.717, 1.165) is 15.9 Å². The Morgan fingerprint density at radius 1 is 0.655 bits per heavy atom. The van der Waals surface area contributed by atoms with E-state index < -0.39 is 19.2 Å². The molecule has 0 atom stereocenters. The monoisotopic (exact) mass is 408 g/mol. The van der Waals surface area contributed by atoms with Crippen molar-refractivity contribution in [2.24, 2.45) is 4.85 Å². The van der Waals surface area contributed by atoms with Crippen molar-refractivity contribution < 1.29 is 19.1 Å². The average molecular weight is 408 g/mol. The minimum atomic E-state index is -2.79. The average Bonchev–Trinajstić information content (AvgIpc) is 2.81. The van der Waals surface area contributed by atoms with Crippen LogP contribution in [0, 0.1) is 0 Å². The summed E-state index contributed by atoms with van der Waals surface area (Å²) in [5, 5.41) is 3.32. The molecule has 0 saturated heterocycles. The first-order valence-corrected chi connectivity index (χ1v) is 10.6. The fourth-order valence-electron chi connectivity index (χ4n) is 2.99. The normalized spacial score (nSPS) is 10.7. The second-order valence-electron chi connectivity index (χ2n) is 5.98. The number of methoxy groups -OCH3 is 2. The molecule has 0 N–H and O–H groups in total. The third kappa shape index (κ3) is 4.08. The van der Waals surface area contributed by atoms with E-state index >= 15 is 0 Å². The van der Waals surface area contributed by atoms with Crippen LogP contribution >= 0.6 is 7.05 Å². The minimum absolute atomic E-state index is 0.667. The van der Waals surface area contributed by atoms with Crippen LogP contribution in [0.2, 0.25) is 0 Å². The molecule has 6 nitrogen and oxygen atoms in total. The Morgan fingerprint density at radius 2 is 0.966 bits per heavy atom. The van der Waals surface area contributed by atoms with Crippen LogP contribution in [0.4, 0.5) is 9.59 Å². The van der Waals surface area contributed by atoms with Gasteiger partial charge in [-0.25, -0.2) is 9.59 Å². The number of amides is 2. The molecule has 29 heavy (non-hydrogen) atoms. The van der Waals surface area contributed by atoms with Crippen molar-refractivity contribution in [1.82, 2.24) is 5.01 Å². The Bertz CT molecular complexity index is 905. The number of carbonyl (C=O) groups excluding carboxylic acids is 2. The predicted molar refractivity (Wildman–Crippen MR) is 114 cm³/mol. The van der Waals surface area contributed by atoms with Crippen molar-refractivity contribution in [1.29, 1.82) is 0 Å². The van der Waals surface area contributed by atoms with Crippen molar-refractivity contribution in [2.75, 3.05) is 14.2 Å². The van der Waals surface area contributed by atoms with Gasteiger partial charge in [-0.05, 0) is 0 Å². The number of imide groups is 1. The zero-order chi connectivity index (χ0) is 20.7. The number of hydrogen-bond acceptors (Lipinski definition) is 5. The minimum Gasteiger partial charge on any atom is -0.451 e. The van der Waals surface area contributed by atoms with E-state index in [-0.39, 0.29) is 0 Å². The highest BCUT2D eigenvalue weighted by molar-refractivity contribution is 7.87. The summed E-state index contributed by atoms with van der Waals surface area (Å²) < 4.78 is 9.60. The number of rotatable bonds is 4. The molecule has 0 heterocycles. The van der Waals surface area contributed by atoms with Crippen molar-refractivity contribution >= 4 is 35.2 Å². The van der Waals surface area contributed by atoms with E-state index in [4.69, 9.17) is 14.3 Å². The highest BCUT2D eigenvalue weighted by Gasteiger charge is 2.33. The highest BCUT2D eigenvalue weighted by atomic mass is 31.2. The standard InChI is InChI=1S/C22H21N2O4P/c1-27-21(25)24(22(26)28-2)23-29(18-12-6-3-7-13-18,19-14-8-4-9-15-19)20-16-10-5-11-17-20/h3-17H,1-2H3. The van der Waals surface area contributed by atoms with E-state index in [2.05, 4.69) is 0 Å². The third-order valence-corrected chi connectivity index (χ3v) is 7.89. The molecule has 2 amide bonds. The van der Waals surface area contributed by atoms with E-state index in [0.29, 0.717) is 5.01 Å². The summed E-state index contributed by atoms with van der Waals surface area (Å²) in [4.78, 5) is 29.6. The molecule has 0 unspecified atom stereocenters. The molecule has 0 spiro atoms. The maximum atomic E-state index is 12.4. The van der Waals surface area contributed by atoms with Gasteiger partial charge in [0.1, 0.15) is 0 Å². The molecular weight excluding hydrogens is 387 g/mol. The van der Waals surface area contributed by atoms with Crippen LogP contribution in [-0.4, -0.2) is 31.4 Å². The van der Waals surface area contributed by atoms with Gasteiger partial charge in [0.15, 0.2) is 0 Å². The van der Waals surface area contributed by atoms with Crippen molar-refractivity contribution in [2.45, 2.75) is 0 Å². The molecule has 0 aromatic heterocycles. The van der Waals surface area contributed by atoms with Gasteiger partial charge in [-0.15, -0.1) is 0 Å². The summed E-state index contributed by atoms with van der Waals surface area (Å²) in [6.45, 7) is 0. The topological polar surface area (TPSA) is 68.2 Å². The van der Waals surface area contributed by atoms with E-state index in [1.807, 2.05) is 91.0 Å². The van der Waals surface area contributed by atoms with Crippen LogP contribution in [0.1, 0.15) is 0 Å². The molecule has 0 radical (unpaired) electrons. The van der Waals surface area contributed by atoms with Gasteiger partial charge in [0, 0.05) is 15.9 Å². The number of hydrogen-bond donors (Lipinski definition) is 0. The van der Waals surface area contributed by atoms with Gasteiger partial charge in [0.2, 0.25) is 0 Å². The van der Waals surface area contributed by atoms with Crippen LogP contribution in [0.5, 0.6) is 0 Å². The van der Waals surface area contributed by atoms with Crippen molar-refractivity contribution in [3.8, 4) is 0 Å². The zero-order valence-electron chi connectivity index (χ0n) is 16.1. The summed E-state index contributed by atoms with van der Waals surface area (Å²) in [6, 6.07) is 28.9. The Hall–Kier alpha value is -3.37. The van der Waals surface area contributed by atoms with Crippen LogP contribution < -0.4 is 15.9 Å². The third-order valence-electron chi connectivity index (χ3n) is 4.31. The maximum Gasteiger partial charge on any atom is 0.440 e. The van der Waals surface area contributed by atoms with Crippen LogP contribution in [0.15, 0.2) is 95.8 Å². The van der Waals surface area contributed by atoms with Crippen LogP contribution in [0.25, 0.3) is 0 Å². The van der Waals surface area contributed by atoms with E-state index in [9.17, 15) is 9.59 Å². The number of carbonyl (C=O) groups is 2. The summed E-state index contributed by atoms with van der Waals surface area (Å²) >= 11 is 0. The molecular formula is C22H21N2O4P. The van der Waals surface area contributed by atoms with Gasteiger partial charge in [-0.2, -0.15) is 4.85 Å². The van der Waals surface area contributed by atoms with Gasteiger partial charge in [-0.3, -0.25) is 0 Å². The fraction of sp³-hybridized carbons (Fsp3) is 0.0909. The van der Waals surface area contributed by atoms with E-state index in [1.165, 1.54) is 14.2 Å². The largest absolute Gasteiger partial charge is 0.451 e. The molecule has 0 aliphatic carbocycles. The van der Waals surface area contributed by atoms with Gasteiger partial charge in [-0.1, -0.05) is 96.0 Å². The SMILES string of the molecule is COC(=O)N(N=P(c1ccccc1)(c1ccccc1)c1ccccc1)C(=O)OC. The van der Waals surface area contributed by atoms with Gasteiger partial charge >= 0.3 is 12.2 Å². The second-order valence-corrected chi connectivity index (χ2v) is 8.98. The lowest BCUT2D eigenvalue weighted by Gasteiger charge is -2.28. The Kier molecular flexibility index (Phi) is 6.47. The second kappa shape index (κ2) is 9.22. The Labute approximate surface area is 169 Å². The smallest absolute Gasteiger partial charge is 0.440 e. The van der Waals surface area contributed by atoms with Gasteiger partial charge in [0.25, 0.3) is 0 Å². The molecule has 7 heteroatoms. The zero-order valence-corrected chi connectivity index (χ0v) is 17.0. The molecule has 0 saturated carbocycles. The summed E-state index contributed by atoms with van der Waals surface area (Å²) in [5.74, 6) is 0. The molecule has 148 valence electrons. The van der Waals surface area contributed by atoms with Gasteiger partial charge < -0.3 is 9.47 Å². The Morgan fingerprint density at radius 3 is 1.24 bits per heavy atom. The molecule has 3 rings (SSSR count). The van der Waals surface area contributed by atoms with Crippen molar-refractivity contribution in [3.05, 3.63) is 91.0 Å². The number of nitrogens with zero attached hydrogens (tertiary/aromatic N) is 2. The quantitative estimate of drug-likeness (QED) is 0.485. The molecule has 0 bridgehead atoms. The maximum absolute atomic E-state index is 12.4. The lowest BCUT2D eigenvalue weighted by atomic mass is 10.4. The highest BCUT2D eigenvalue weighted by Crippen LogP contribution is 2.47. The number of benzene rings is 3. The number of ether oxygens (including phenoxy) is 2. The van der Waals surface area contributed by atoms with Crippen LogP contribution in [-0.2, 0) is 9.47 Å². The molecule has 0 aliphatic heterocycles. The molecule has 3 aromatic rings. The fourth-order valence-corrected chi connectivity index (χ4v) is 6.42. The van der Waals surface area contributed by atoms with Gasteiger partial charge in [0.05, 0.1) is 21.3 Å². The Balaban J connectivity index is 2.45. The van der Waals surface area contributed by atoms with E-state index in [1.54, 1.807) is 0 Å². The summed E-state index contributed by atoms with van der Waals surface area (Å²) in [7, 11) is -0.402. The lowest BCUT2D eigenvalue weighted by molar-refractivity contribution is 0.101. The summed E-state index contributed by atoms with van der Waals surface area (Å²) in [5.41, 5.74) is 0. The molecule has 0 aliphatic rings. The molecule has 0 fully saturated rings. The predicted octanol–water partition coefficient (Wildman–Crippen LogP) is 3.91. The molecule has 3 aromatic carbocycles. The summed E-state index contributed by atoms with van der Waals surface area (Å²) in [6.07, 6.45) is -1.83. The first-order valence-electron chi connectivity index (χ1n) is 8.88. The first-order chi connectivity index (χ1) is 14.1. The van der Waals surface area contributed by atoms with Crippen molar-refractivity contribution in [3.63, 3.8) is 0 Å². The first kappa shape index (κ1) is 20.4. The lowest BCUT2D eigenvalue weighted by Crippen LogP contribution is -2.35. The van der Waals surface area contributed by atoms with Crippen LogP contribution in [0.3, 0.4) is 0 Å².